The lowest BCUT2D eigenvalue weighted by Crippen LogP contribution is -2.39. The van der Waals surface area contributed by atoms with Crippen LogP contribution in [0.25, 0.3) is 0 Å². The lowest BCUT2D eigenvalue weighted by molar-refractivity contribution is -0.137. The number of benzene rings is 1. The van der Waals surface area contributed by atoms with Crippen molar-refractivity contribution < 1.29 is 24.5 Å². The van der Waals surface area contributed by atoms with Gasteiger partial charge in [-0.3, -0.25) is 9.69 Å². The van der Waals surface area contributed by atoms with Crippen LogP contribution in [0.4, 0.5) is 0 Å². The maximum atomic E-state index is 11.3. The molecule has 0 bridgehead atoms. The molecule has 1 atom stereocenters. The summed E-state index contributed by atoms with van der Waals surface area (Å²) in [5.41, 5.74) is 1.39. The molecule has 2 aliphatic rings. The minimum absolute atomic E-state index is 0.184. The smallest absolute Gasteiger partial charge is 0.335 e. The van der Waals surface area contributed by atoms with Crippen LogP contribution in [0.2, 0.25) is 0 Å². The van der Waals surface area contributed by atoms with E-state index in [0.717, 1.165) is 38.2 Å². The van der Waals surface area contributed by atoms with Crippen molar-refractivity contribution in [2.24, 2.45) is 11.8 Å². The molecule has 2 saturated carbocycles. The third kappa shape index (κ3) is 13.2. The summed E-state index contributed by atoms with van der Waals surface area (Å²) < 4.78 is 6.95. The highest BCUT2D eigenvalue weighted by Gasteiger charge is 2.26. The van der Waals surface area contributed by atoms with Gasteiger partial charge in [0.05, 0.1) is 11.7 Å². The summed E-state index contributed by atoms with van der Waals surface area (Å²) in [5, 5.41) is 18.5. The summed E-state index contributed by atoms with van der Waals surface area (Å²) in [6, 6.07) is 7.20. The van der Waals surface area contributed by atoms with Crippen LogP contribution in [-0.2, 0) is 16.1 Å². The summed E-state index contributed by atoms with van der Waals surface area (Å²) in [4.78, 5) is 24.9. The second kappa shape index (κ2) is 19.2. The molecule has 40 heavy (non-hydrogen) atoms. The first kappa shape index (κ1) is 32.6. The number of unbranched alkanes of at least 4 members (excludes halogenated alkanes) is 1. The molecule has 2 N–H and O–H groups in total. The first-order chi connectivity index (χ1) is 19.5. The van der Waals surface area contributed by atoms with Crippen molar-refractivity contribution in [1.29, 1.82) is 0 Å². The van der Waals surface area contributed by atoms with Gasteiger partial charge in [0.25, 0.3) is 0 Å². The number of nitrogens with zero attached hydrogens (tertiary/aromatic N) is 1. The highest BCUT2D eigenvalue weighted by molar-refractivity contribution is 5.87. The predicted molar refractivity (Wildman–Crippen MR) is 161 cm³/mol. The standard InChI is InChI=1S/C34H55NO5/c36-33(37)19-13-14-24-35(25-28-20-22-31(23-21-28)34(38)39)26-32(30-17-11-7-3-4-8-12-18-30)40-27-29-15-9-5-1-2-6-10-16-29/h20-23,29-30,32H,1-19,24-27H2,(H,36,37)(H,38,39). The van der Waals surface area contributed by atoms with E-state index < -0.39 is 11.9 Å². The molecule has 0 amide bonds. The Morgan fingerprint density at radius 2 is 1.32 bits per heavy atom. The number of carboxylic acids is 2. The number of rotatable bonds is 14. The molecule has 1 unspecified atom stereocenters. The van der Waals surface area contributed by atoms with Gasteiger partial charge in [-0.2, -0.15) is 0 Å². The molecule has 2 aliphatic carbocycles. The van der Waals surface area contributed by atoms with Gasteiger partial charge in [0.1, 0.15) is 0 Å². The molecular weight excluding hydrogens is 502 g/mol. The number of aromatic carboxylic acids is 1. The molecule has 6 heteroatoms. The van der Waals surface area contributed by atoms with Gasteiger partial charge in [-0.15, -0.1) is 0 Å². The van der Waals surface area contributed by atoms with E-state index in [1.54, 1.807) is 12.1 Å². The highest BCUT2D eigenvalue weighted by atomic mass is 16.5. The molecular formula is C34H55NO5. The molecule has 2 fully saturated rings. The van der Waals surface area contributed by atoms with Gasteiger partial charge < -0.3 is 14.9 Å². The first-order valence-corrected chi connectivity index (χ1v) is 16.4. The second-order valence-electron chi connectivity index (χ2n) is 12.5. The van der Waals surface area contributed by atoms with Crippen molar-refractivity contribution in [2.45, 2.75) is 135 Å². The van der Waals surface area contributed by atoms with E-state index in [1.807, 2.05) is 12.1 Å². The zero-order chi connectivity index (χ0) is 28.4. The molecule has 1 aromatic rings. The largest absolute Gasteiger partial charge is 0.481 e. The maximum absolute atomic E-state index is 11.3. The summed E-state index contributed by atoms with van der Waals surface area (Å²) >= 11 is 0. The minimum Gasteiger partial charge on any atom is -0.481 e. The van der Waals surface area contributed by atoms with Crippen molar-refractivity contribution in [3.63, 3.8) is 0 Å². The van der Waals surface area contributed by atoms with Crippen molar-refractivity contribution in [3.05, 3.63) is 35.4 Å². The minimum atomic E-state index is -0.907. The van der Waals surface area contributed by atoms with E-state index in [2.05, 4.69) is 4.90 Å². The van der Waals surface area contributed by atoms with Gasteiger partial charge in [-0.05, 0) is 74.6 Å². The zero-order valence-corrected chi connectivity index (χ0v) is 24.9. The monoisotopic (exact) mass is 557 g/mol. The number of carboxylic acid groups (broad SMARTS) is 2. The van der Waals surface area contributed by atoms with Crippen LogP contribution in [0.1, 0.15) is 138 Å². The molecule has 0 radical (unpaired) electrons. The Kier molecular flexibility index (Phi) is 15.7. The SMILES string of the molecule is O=C(O)CCCCN(Cc1ccc(C(=O)O)cc1)CC(OCC1CCCCCCCC1)C1CCCCCCCC1. The lowest BCUT2D eigenvalue weighted by Gasteiger charge is -2.34. The van der Waals surface area contributed by atoms with Crippen molar-refractivity contribution >= 4 is 11.9 Å². The van der Waals surface area contributed by atoms with E-state index in [9.17, 15) is 14.7 Å². The van der Waals surface area contributed by atoms with E-state index >= 15 is 0 Å². The lowest BCUT2D eigenvalue weighted by atomic mass is 9.90. The predicted octanol–water partition coefficient (Wildman–Crippen LogP) is 8.33. The third-order valence-corrected chi connectivity index (χ3v) is 9.11. The Balaban J connectivity index is 1.72. The molecule has 0 heterocycles. The summed E-state index contributed by atoms with van der Waals surface area (Å²) in [6.07, 6.45) is 22.9. The van der Waals surface area contributed by atoms with Crippen LogP contribution >= 0.6 is 0 Å². The zero-order valence-electron chi connectivity index (χ0n) is 24.9. The van der Waals surface area contributed by atoms with Gasteiger partial charge >= 0.3 is 11.9 Å². The quantitative estimate of drug-likeness (QED) is 0.224. The van der Waals surface area contributed by atoms with Crippen LogP contribution in [0.3, 0.4) is 0 Å². The van der Waals surface area contributed by atoms with Crippen molar-refractivity contribution in [1.82, 2.24) is 4.90 Å². The van der Waals surface area contributed by atoms with Gasteiger partial charge in [0.2, 0.25) is 0 Å². The first-order valence-electron chi connectivity index (χ1n) is 16.4. The summed E-state index contributed by atoms with van der Waals surface area (Å²) in [6.45, 7) is 3.26. The Bertz CT molecular complexity index is 821. The van der Waals surface area contributed by atoms with Crippen LogP contribution in [0, 0.1) is 11.8 Å². The summed E-state index contributed by atoms with van der Waals surface area (Å²) in [7, 11) is 0. The van der Waals surface area contributed by atoms with Crippen LogP contribution in [0.15, 0.2) is 24.3 Å². The van der Waals surface area contributed by atoms with Gasteiger partial charge in [-0.1, -0.05) is 89.2 Å². The molecule has 1 aromatic carbocycles. The molecule has 0 aromatic heterocycles. The van der Waals surface area contributed by atoms with Gasteiger partial charge in [0.15, 0.2) is 0 Å². The average Bonchev–Trinajstić information content (AvgIpc) is 3.17. The Morgan fingerprint density at radius 3 is 1.88 bits per heavy atom. The fraction of sp³-hybridized carbons (Fsp3) is 0.765. The number of carbonyl (C=O) groups is 2. The van der Waals surface area contributed by atoms with E-state index in [-0.39, 0.29) is 12.5 Å². The molecule has 0 aliphatic heterocycles. The topological polar surface area (TPSA) is 87.1 Å². The average molecular weight is 558 g/mol. The third-order valence-electron chi connectivity index (χ3n) is 9.11. The molecule has 3 rings (SSSR count). The highest BCUT2D eigenvalue weighted by Crippen LogP contribution is 2.29. The molecule has 0 saturated heterocycles. The molecule has 6 nitrogen and oxygen atoms in total. The fourth-order valence-corrected chi connectivity index (χ4v) is 6.63. The van der Waals surface area contributed by atoms with E-state index in [0.29, 0.717) is 23.8 Å². The van der Waals surface area contributed by atoms with Crippen LogP contribution < -0.4 is 0 Å². The second-order valence-corrected chi connectivity index (χ2v) is 12.5. The van der Waals surface area contributed by atoms with Gasteiger partial charge in [0, 0.05) is 26.1 Å². The number of hydrogen-bond donors (Lipinski definition) is 2. The Hall–Kier alpha value is -1.92. The number of hydrogen-bond acceptors (Lipinski definition) is 4. The molecule has 226 valence electrons. The Morgan fingerprint density at radius 1 is 0.775 bits per heavy atom. The van der Waals surface area contributed by atoms with Crippen LogP contribution in [-0.4, -0.2) is 52.9 Å². The van der Waals surface area contributed by atoms with Crippen molar-refractivity contribution in [2.75, 3.05) is 19.7 Å². The van der Waals surface area contributed by atoms with E-state index in [1.165, 1.54) is 103 Å². The fourth-order valence-electron chi connectivity index (χ4n) is 6.63. The number of aliphatic carboxylic acids is 1. The van der Waals surface area contributed by atoms with E-state index in [4.69, 9.17) is 9.84 Å². The van der Waals surface area contributed by atoms with Crippen molar-refractivity contribution in [3.8, 4) is 0 Å². The molecule has 0 spiro atoms. The van der Waals surface area contributed by atoms with Crippen LogP contribution in [0.5, 0.6) is 0 Å². The number of ether oxygens (including phenoxy) is 1. The maximum Gasteiger partial charge on any atom is 0.335 e. The summed E-state index contributed by atoms with van der Waals surface area (Å²) in [5.74, 6) is -0.428. The van der Waals surface area contributed by atoms with Gasteiger partial charge in [-0.25, -0.2) is 4.79 Å². The Labute approximate surface area is 242 Å². The normalized spacial score (nSPS) is 19.5.